The van der Waals surface area contributed by atoms with Crippen molar-refractivity contribution in [3.63, 3.8) is 0 Å². The van der Waals surface area contributed by atoms with Crippen molar-refractivity contribution in [2.24, 2.45) is 0 Å². The lowest BCUT2D eigenvalue weighted by Crippen LogP contribution is -2.14. The Labute approximate surface area is 69.9 Å². The van der Waals surface area contributed by atoms with Crippen molar-refractivity contribution in [1.29, 1.82) is 0 Å². The highest BCUT2D eigenvalue weighted by Gasteiger charge is 2.05. The monoisotopic (exact) mass is 167 g/mol. The molecule has 0 aliphatic rings. The Morgan fingerprint density at radius 3 is 2.82 bits per heavy atom. The standard InChI is InChI=1S/C8H9NOS/c1-8(2,10)4-3-7-9-5-6-11-7/h5-6,10H,1-2H3. The maximum Gasteiger partial charge on any atom is 0.166 e. The predicted molar refractivity (Wildman–Crippen MR) is 45.3 cm³/mol. The summed E-state index contributed by atoms with van der Waals surface area (Å²) in [6.45, 7) is 3.29. The molecule has 0 aliphatic heterocycles. The minimum atomic E-state index is -0.925. The Bertz CT molecular complexity index is 273. The lowest BCUT2D eigenvalue weighted by Gasteiger charge is -2.05. The summed E-state index contributed by atoms with van der Waals surface area (Å²) in [7, 11) is 0. The number of aromatic nitrogens is 1. The van der Waals surface area contributed by atoms with Crippen LogP contribution in [0.3, 0.4) is 0 Å². The van der Waals surface area contributed by atoms with E-state index in [-0.39, 0.29) is 0 Å². The van der Waals surface area contributed by atoms with E-state index in [2.05, 4.69) is 16.8 Å². The van der Waals surface area contributed by atoms with E-state index < -0.39 is 5.60 Å². The van der Waals surface area contributed by atoms with Gasteiger partial charge in [0.15, 0.2) is 5.01 Å². The SMILES string of the molecule is CC(C)(O)C#Cc1nccs1. The summed E-state index contributed by atoms with van der Waals surface area (Å²) in [6.07, 6.45) is 1.69. The maximum atomic E-state index is 9.22. The number of hydrogen-bond acceptors (Lipinski definition) is 3. The van der Waals surface area contributed by atoms with Crippen LogP contribution in [0.1, 0.15) is 18.9 Å². The zero-order valence-corrected chi connectivity index (χ0v) is 7.27. The van der Waals surface area contributed by atoms with Gasteiger partial charge in [0.2, 0.25) is 0 Å². The fourth-order valence-corrected chi connectivity index (χ4v) is 0.974. The van der Waals surface area contributed by atoms with Gasteiger partial charge in [0, 0.05) is 11.6 Å². The second kappa shape index (κ2) is 3.04. The predicted octanol–water partition coefficient (Wildman–Crippen LogP) is 1.27. The molecule has 1 aromatic rings. The summed E-state index contributed by atoms with van der Waals surface area (Å²) >= 11 is 1.47. The van der Waals surface area contributed by atoms with E-state index in [4.69, 9.17) is 0 Å². The molecule has 1 rings (SSSR count). The molecular formula is C8H9NOS. The van der Waals surface area contributed by atoms with Crippen LogP contribution in [0.4, 0.5) is 0 Å². The van der Waals surface area contributed by atoms with Crippen molar-refractivity contribution in [3.8, 4) is 11.8 Å². The number of rotatable bonds is 0. The van der Waals surface area contributed by atoms with E-state index in [1.807, 2.05) is 5.38 Å². The molecule has 1 aromatic heterocycles. The van der Waals surface area contributed by atoms with Crippen molar-refractivity contribution < 1.29 is 5.11 Å². The Morgan fingerprint density at radius 2 is 2.36 bits per heavy atom. The van der Waals surface area contributed by atoms with Gasteiger partial charge in [-0.25, -0.2) is 4.98 Å². The third-order valence-corrected chi connectivity index (χ3v) is 1.60. The van der Waals surface area contributed by atoms with Crippen LogP contribution < -0.4 is 0 Å². The smallest absolute Gasteiger partial charge is 0.166 e. The molecule has 0 atom stereocenters. The highest BCUT2D eigenvalue weighted by Crippen LogP contribution is 2.03. The maximum absolute atomic E-state index is 9.22. The van der Waals surface area contributed by atoms with E-state index in [9.17, 15) is 5.11 Å². The average molecular weight is 167 g/mol. The van der Waals surface area contributed by atoms with Crippen molar-refractivity contribution in [2.45, 2.75) is 19.4 Å². The molecule has 58 valence electrons. The second-order valence-electron chi connectivity index (χ2n) is 2.65. The van der Waals surface area contributed by atoms with E-state index in [0.29, 0.717) is 0 Å². The zero-order chi connectivity index (χ0) is 8.32. The summed E-state index contributed by atoms with van der Waals surface area (Å²) < 4.78 is 0. The third kappa shape index (κ3) is 3.17. The lowest BCUT2D eigenvalue weighted by molar-refractivity contribution is 0.143. The van der Waals surface area contributed by atoms with Crippen LogP contribution in [0, 0.1) is 11.8 Å². The van der Waals surface area contributed by atoms with Gasteiger partial charge in [0.05, 0.1) is 0 Å². The van der Waals surface area contributed by atoms with E-state index in [0.717, 1.165) is 5.01 Å². The highest BCUT2D eigenvalue weighted by atomic mass is 32.1. The Kier molecular flexibility index (Phi) is 2.28. The third-order valence-electron chi connectivity index (χ3n) is 0.908. The molecule has 0 fully saturated rings. The number of aliphatic hydroxyl groups is 1. The molecule has 1 N–H and O–H groups in total. The number of nitrogens with zero attached hydrogens (tertiary/aromatic N) is 1. The molecular weight excluding hydrogens is 158 g/mol. The van der Waals surface area contributed by atoms with Gasteiger partial charge in [0.1, 0.15) is 5.60 Å². The number of hydrogen-bond donors (Lipinski definition) is 1. The van der Waals surface area contributed by atoms with Crippen LogP contribution in [-0.2, 0) is 0 Å². The summed E-state index contributed by atoms with van der Waals surface area (Å²) in [4.78, 5) is 3.95. The van der Waals surface area contributed by atoms with Crippen LogP contribution in [-0.4, -0.2) is 15.7 Å². The topological polar surface area (TPSA) is 33.1 Å². The first-order valence-corrected chi connectivity index (χ1v) is 4.11. The normalized spacial score (nSPS) is 10.5. The van der Waals surface area contributed by atoms with Gasteiger partial charge in [-0.2, -0.15) is 0 Å². The van der Waals surface area contributed by atoms with Gasteiger partial charge in [0.25, 0.3) is 0 Å². The van der Waals surface area contributed by atoms with Crippen LogP contribution in [0.5, 0.6) is 0 Å². The first-order valence-electron chi connectivity index (χ1n) is 3.23. The average Bonchev–Trinajstić information content (AvgIpc) is 2.32. The van der Waals surface area contributed by atoms with Crippen LogP contribution >= 0.6 is 11.3 Å². The molecule has 1 heterocycles. The van der Waals surface area contributed by atoms with Crippen molar-refractivity contribution in [3.05, 3.63) is 16.6 Å². The Hall–Kier alpha value is -0.850. The van der Waals surface area contributed by atoms with Gasteiger partial charge in [-0.1, -0.05) is 5.92 Å². The van der Waals surface area contributed by atoms with E-state index >= 15 is 0 Å². The molecule has 0 unspecified atom stereocenters. The van der Waals surface area contributed by atoms with Gasteiger partial charge >= 0.3 is 0 Å². The fourth-order valence-electron chi connectivity index (χ4n) is 0.492. The fraction of sp³-hybridized carbons (Fsp3) is 0.375. The summed E-state index contributed by atoms with van der Waals surface area (Å²) in [5, 5.41) is 11.8. The van der Waals surface area contributed by atoms with Gasteiger partial charge in [-0.05, 0) is 19.8 Å². The van der Waals surface area contributed by atoms with Crippen LogP contribution in [0.15, 0.2) is 11.6 Å². The summed E-state index contributed by atoms with van der Waals surface area (Å²) in [5.41, 5.74) is -0.925. The quantitative estimate of drug-likeness (QED) is 0.590. The van der Waals surface area contributed by atoms with E-state index in [1.54, 1.807) is 20.0 Å². The van der Waals surface area contributed by atoms with E-state index in [1.165, 1.54) is 11.3 Å². The van der Waals surface area contributed by atoms with Crippen molar-refractivity contribution in [1.82, 2.24) is 4.98 Å². The van der Waals surface area contributed by atoms with Crippen LogP contribution in [0.25, 0.3) is 0 Å². The van der Waals surface area contributed by atoms with Crippen molar-refractivity contribution in [2.75, 3.05) is 0 Å². The van der Waals surface area contributed by atoms with Gasteiger partial charge in [-0.3, -0.25) is 0 Å². The highest BCUT2D eigenvalue weighted by molar-refractivity contribution is 7.10. The second-order valence-corrected chi connectivity index (χ2v) is 3.54. The zero-order valence-electron chi connectivity index (χ0n) is 6.46. The largest absolute Gasteiger partial charge is 0.378 e. The molecule has 0 bridgehead atoms. The first kappa shape index (κ1) is 8.25. The molecule has 3 heteroatoms. The minimum absolute atomic E-state index is 0.743. The van der Waals surface area contributed by atoms with Crippen molar-refractivity contribution >= 4 is 11.3 Å². The molecule has 11 heavy (non-hydrogen) atoms. The molecule has 0 saturated carbocycles. The molecule has 0 aliphatic carbocycles. The minimum Gasteiger partial charge on any atom is -0.378 e. The molecule has 0 radical (unpaired) electrons. The summed E-state index contributed by atoms with van der Waals surface area (Å²) in [5.74, 6) is 5.45. The lowest BCUT2D eigenvalue weighted by atomic mass is 10.1. The molecule has 0 saturated heterocycles. The summed E-state index contributed by atoms with van der Waals surface area (Å²) in [6, 6.07) is 0. The molecule has 0 aromatic carbocycles. The Morgan fingerprint density at radius 1 is 1.64 bits per heavy atom. The number of thiazole rings is 1. The molecule has 0 spiro atoms. The van der Waals surface area contributed by atoms with Crippen LogP contribution in [0.2, 0.25) is 0 Å². The van der Waals surface area contributed by atoms with Gasteiger partial charge < -0.3 is 5.11 Å². The molecule has 0 amide bonds. The first-order chi connectivity index (χ1) is 5.08. The Balaban J connectivity index is 2.74. The molecule has 2 nitrogen and oxygen atoms in total. The van der Waals surface area contributed by atoms with Gasteiger partial charge in [-0.15, -0.1) is 11.3 Å².